The number of hydrogen-bond donors (Lipinski definition) is 1. The maximum atomic E-state index is 5.23. The van der Waals surface area contributed by atoms with E-state index < -0.39 is 0 Å². The fourth-order valence-corrected chi connectivity index (χ4v) is 3.31. The molecule has 1 N–H and O–H groups in total. The molecule has 5 heteroatoms. The van der Waals surface area contributed by atoms with E-state index in [1.54, 1.807) is 17.6 Å². The first-order valence-corrected chi connectivity index (χ1v) is 7.82. The third kappa shape index (κ3) is 3.11. The van der Waals surface area contributed by atoms with E-state index in [-0.39, 0.29) is 0 Å². The van der Waals surface area contributed by atoms with E-state index in [1.807, 2.05) is 19.1 Å². The predicted molar refractivity (Wildman–Crippen MR) is 86.0 cm³/mol. The minimum absolute atomic E-state index is 0.686. The number of thiophene rings is 1. The van der Waals surface area contributed by atoms with Crippen molar-refractivity contribution in [1.29, 1.82) is 0 Å². The van der Waals surface area contributed by atoms with E-state index in [1.165, 1.54) is 4.88 Å². The Morgan fingerprint density at radius 1 is 1.20 bits per heavy atom. The van der Waals surface area contributed by atoms with Gasteiger partial charge in [-0.3, -0.25) is 0 Å². The molecule has 0 aliphatic heterocycles. The van der Waals surface area contributed by atoms with Crippen LogP contribution in [0, 0.1) is 6.92 Å². The van der Waals surface area contributed by atoms with E-state index in [0.29, 0.717) is 5.89 Å². The molecule has 0 bridgehead atoms. The summed E-state index contributed by atoms with van der Waals surface area (Å²) in [5, 5.41) is 3.40. The number of aromatic nitrogens is 1. The fraction of sp³-hybridized carbons (Fsp3) is 0.133. The maximum absolute atomic E-state index is 5.23. The first kappa shape index (κ1) is 13.4. The Morgan fingerprint density at radius 3 is 2.60 bits per heavy atom. The lowest BCUT2D eigenvalue weighted by atomic mass is 10.1. The van der Waals surface area contributed by atoms with Crippen LogP contribution < -0.4 is 5.32 Å². The molecule has 2 aromatic heterocycles. The number of anilines is 1. The first-order chi connectivity index (χ1) is 9.70. The summed E-state index contributed by atoms with van der Waals surface area (Å²) in [6.07, 6.45) is 1.68. The van der Waals surface area contributed by atoms with Crippen molar-refractivity contribution in [2.24, 2.45) is 0 Å². The van der Waals surface area contributed by atoms with E-state index in [0.717, 1.165) is 27.3 Å². The molecule has 3 rings (SSSR count). The number of oxazole rings is 1. The third-order valence-electron chi connectivity index (χ3n) is 2.90. The van der Waals surface area contributed by atoms with Crippen molar-refractivity contribution < 1.29 is 4.42 Å². The number of rotatable bonds is 4. The maximum Gasteiger partial charge on any atom is 0.191 e. The molecule has 102 valence electrons. The van der Waals surface area contributed by atoms with Crippen LogP contribution in [0.4, 0.5) is 5.69 Å². The van der Waals surface area contributed by atoms with Gasteiger partial charge in [0.2, 0.25) is 0 Å². The monoisotopic (exact) mass is 348 g/mol. The molecule has 0 amide bonds. The van der Waals surface area contributed by atoms with Gasteiger partial charge >= 0.3 is 0 Å². The van der Waals surface area contributed by atoms with Crippen LogP contribution in [-0.2, 0) is 6.54 Å². The quantitative estimate of drug-likeness (QED) is 0.713. The molecule has 20 heavy (non-hydrogen) atoms. The lowest BCUT2D eigenvalue weighted by molar-refractivity contribution is 0.521. The van der Waals surface area contributed by atoms with Gasteiger partial charge < -0.3 is 9.73 Å². The van der Waals surface area contributed by atoms with Gasteiger partial charge in [-0.25, -0.2) is 4.98 Å². The Balaban J connectivity index is 1.67. The topological polar surface area (TPSA) is 38.1 Å². The molecule has 0 atom stereocenters. The van der Waals surface area contributed by atoms with Crippen molar-refractivity contribution in [2.75, 3.05) is 5.32 Å². The van der Waals surface area contributed by atoms with E-state index in [2.05, 4.69) is 50.5 Å². The lowest BCUT2D eigenvalue weighted by Crippen LogP contribution is -1.96. The molecule has 0 aliphatic rings. The van der Waals surface area contributed by atoms with Crippen LogP contribution in [-0.4, -0.2) is 4.98 Å². The Hall–Kier alpha value is -1.59. The van der Waals surface area contributed by atoms with E-state index in [9.17, 15) is 0 Å². The predicted octanol–water partition coefficient (Wildman–Crippen LogP) is 5.09. The summed E-state index contributed by atoms with van der Waals surface area (Å²) < 4.78 is 6.39. The molecule has 0 saturated heterocycles. The van der Waals surface area contributed by atoms with Gasteiger partial charge in [0.25, 0.3) is 0 Å². The third-order valence-corrected chi connectivity index (χ3v) is 4.52. The molecular formula is C15H13BrN2OS. The van der Waals surface area contributed by atoms with Crippen LogP contribution in [0.2, 0.25) is 0 Å². The number of nitrogens with zero attached hydrogens (tertiary/aromatic N) is 1. The van der Waals surface area contributed by atoms with Gasteiger partial charge in [-0.05, 0) is 40.2 Å². The summed E-state index contributed by atoms with van der Waals surface area (Å²) in [6.45, 7) is 2.68. The van der Waals surface area contributed by atoms with Crippen molar-refractivity contribution in [3.05, 3.63) is 57.2 Å². The smallest absolute Gasteiger partial charge is 0.191 e. The zero-order valence-corrected chi connectivity index (χ0v) is 13.3. The minimum Gasteiger partial charge on any atom is -0.449 e. The number of aryl methyl sites for hydroxylation is 1. The summed E-state index contributed by atoms with van der Waals surface area (Å²) in [4.78, 5) is 5.62. The standard InChI is InChI=1S/C15H13BrN2OS/c1-10-18-14(9-19-10)11-2-4-12(5-3-11)17-8-13-6-7-15(16)20-13/h2-7,9,17H,8H2,1H3. The normalized spacial score (nSPS) is 10.7. The second-order valence-corrected chi connectivity index (χ2v) is 6.94. The SMILES string of the molecule is Cc1nc(-c2ccc(NCc3ccc(Br)s3)cc2)co1. The second kappa shape index (κ2) is 5.81. The Kier molecular flexibility index (Phi) is 3.89. The summed E-state index contributed by atoms with van der Waals surface area (Å²) >= 11 is 5.21. The van der Waals surface area contributed by atoms with Gasteiger partial charge in [0.05, 0.1) is 3.79 Å². The molecule has 3 nitrogen and oxygen atoms in total. The van der Waals surface area contributed by atoms with Crippen LogP contribution in [0.25, 0.3) is 11.3 Å². The van der Waals surface area contributed by atoms with Crippen LogP contribution >= 0.6 is 27.3 Å². The molecule has 0 radical (unpaired) electrons. The van der Waals surface area contributed by atoms with Crippen molar-refractivity contribution in [2.45, 2.75) is 13.5 Å². The highest BCUT2D eigenvalue weighted by Crippen LogP contribution is 2.24. The first-order valence-electron chi connectivity index (χ1n) is 6.21. The number of hydrogen-bond acceptors (Lipinski definition) is 4. The van der Waals surface area contributed by atoms with Gasteiger partial charge in [0, 0.05) is 29.6 Å². The van der Waals surface area contributed by atoms with Crippen LogP contribution in [0.15, 0.2) is 50.9 Å². The largest absolute Gasteiger partial charge is 0.449 e. The zero-order valence-electron chi connectivity index (χ0n) is 10.9. The van der Waals surface area contributed by atoms with E-state index in [4.69, 9.17) is 4.42 Å². The van der Waals surface area contributed by atoms with Gasteiger partial charge in [-0.15, -0.1) is 11.3 Å². The summed E-state index contributed by atoms with van der Waals surface area (Å²) in [5.74, 6) is 0.686. The zero-order chi connectivity index (χ0) is 13.9. The van der Waals surface area contributed by atoms with Crippen molar-refractivity contribution in [3.63, 3.8) is 0 Å². The van der Waals surface area contributed by atoms with Crippen LogP contribution in [0.3, 0.4) is 0 Å². The van der Waals surface area contributed by atoms with Gasteiger partial charge in [0.1, 0.15) is 12.0 Å². The van der Waals surface area contributed by atoms with Gasteiger partial charge in [0.15, 0.2) is 5.89 Å². The summed E-state index contributed by atoms with van der Waals surface area (Å²) in [5.41, 5.74) is 3.03. The summed E-state index contributed by atoms with van der Waals surface area (Å²) in [7, 11) is 0. The van der Waals surface area contributed by atoms with E-state index >= 15 is 0 Å². The number of benzene rings is 1. The molecule has 2 heterocycles. The van der Waals surface area contributed by atoms with Gasteiger partial charge in [-0.1, -0.05) is 12.1 Å². The second-order valence-electron chi connectivity index (χ2n) is 4.39. The molecule has 1 aromatic carbocycles. The van der Waals surface area contributed by atoms with Crippen molar-refractivity contribution in [1.82, 2.24) is 4.98 Å². The highest BCUT2D eigenvalue weighted by molar-refractivity contribution is 9.11. The highest BCUT2D eigenvalue weighted by atomic mass is 79.9. The van der Waals surface area contributed by atoms with Crippen LogP contribution in [0.5, 0.6) is 0 Å². The molecule has 0 unspecified atom stereocenters. The summed E-state index contributed by atoms with van der Waals surface area (Å²) in [6, 6.07) is 12.4. The molecule has 3 aromatic rings. The van der Waals surface area contributed by atoms with Crippen molar-refractivity contribution >= 4 is 33.0 Å². The molecular weight excluding hydrogens is 336 g/mol. The molecule has 0 aliphatic carbocycles. The molecule has 0 saturated carbocycles. The average Bonchev–Trinajstić information content (AvgIpc) is 3.06. The lowest BCUT2D eigenvalue weighted by Gasteiger charge is -2.05. The minimum atomic E-state index is 0.686. The Morgan fingerprint density at radius 2 is 2.00 bits per heavy atom. The van der Waals surface area contributed by atoms with Crippen molar-refractivity contribution in [3.8, 4) is 11.3 Å². The molecule has 0 fully saturated rings. The fourth-order valence-electron chi connectivity index (χ4n) is 1.89. The Bertz CT molecular complexity index is 703. The molecule has 0 spiro atoms. The Labute approximate surface area is 129 Å². The van der Waals surface area contributed by atoms with Crippen LogP contribution in [0.1, 0.15) is 10.8 Å². The number of nitrogens with one attached hydrogen (secondary N) is 1. The number of halogens is 1. The van der Waals surface area contributed by atoms with Gasteiger partial charge in [-0.2, -0.15) is 0 Å². The highest BCUT2D eigenvalue weighted by Gasteiger charge is 2.03. The average molecular weight is 349 g/mol.